The highest BCUT2D eigenvalue weighted by molar-refractivity contribution is 5.98. The molecule has 0 aliphatic heterocycles. The van der Waals surface area contributed by atoms with Gasteiger partial charge in [-0.05, 0) is 6.07 Å². The van der Waals surface area contributed by atoms with Crippen molar-refractivity contribution in [2.75, 3.05) is 12.3 Å². The Morgan fingerprint density at radius 3 is 2.71 bits per heavy atom. The predicted octanol–water partition coefficient (Wildman–Crippen LogP) is 1.29. The van der Waals surface area contributed by atoms with Gasteiger partial charge in [-0.1, -0.05) is 0 Å². The highest BCUT2D eigenvalue weighted by atomic mass is 19.3. The van der Waals surface area contributed by atoms with E-state index in [0.29, 0.717) is 0 Å². The lowest BCUT2D eigenvalue weighted by atomic mass is 10.2. The molecule has 0 spiro atoms. The molecule has 0 aromatic carbocycles. The SMILES string of the molecule is Nc1cnccc1C(=O)NCC(F)(F)C(F)F. The first-order chi connectivity index (χ1) is 7.84. The molecule has 1 aromatic heterocycles. The molecule has 17 heavy (non-hydrogen) atoms. The predicted molar refractivity (Wildman–Crippen MR) is 51.9 cm³/mol. The average Bonchev–Trinajstić information content (AvgIpc) is 2.26. The summed E-state index contributed by atoms with van der Waals surface area (Å²) in [5, 5.41) is 1.68. The van der Waals surface area contributed by atoms with E-state index in [2.05, 4.69) is 4.98 Å². The number of rotatable bonds is 4. The molecular formula is C9H9F4N3O. The lowest BCUT2D eigenvalue weighted by Gasteiger charge is -2.15. The van der Waals surface area contributed by atoms with Crippen LogP contribution in [0.2, 0.25) is 0 Å². The third kappa shape index (κ3) is 3.30. The number of nitrogen functional groups attached to an aromatic ring is 1. The van der Waals surface area contributed by atoms with Crippen molar-refractivity contribution in [3.05, 3.63) is 24.0 Å². The van der Waals surface area contributed by atoms with Gasteiger partial charge in [-0.3, -0.25) is 9.78 Å². The highest BCUT2D eigenvalue weighted by Gasteiger charge is 2.40. The van der Waals surface area contributed by atoms with E-state index in [0.717, 1.165) is 6.20 Å². The van der Waals surface area contributed by atoms with Gasteiger partial charge in [-0.2, -0.15) is 8.78 Å². The molecule has 1 amide bonds. The number of hydrogen-bond donors (Lipinski definition) is 2. The van der Waals surface area contributed by atoms with Crippen molar-refractivity contribution >= 4 is 11.6 Å². The van der Waals surface area contributed by atoms with Crippen molar-refractivity contribution in [2.24, 2.45) is 0 Å². The van der Waals surface area contributed by atoms with E-state index in [4.69, 9.17) is 5.73 Å². The molecule has 0 atom stereocenters. The quantitative estimate of drug-likeness (QED) is 0.792. The van der Waals surface area contributed by atoms with Gasteiger partial charge in [0.05, 0.1) is 24.0 Å². The molecule has 1 rings (SSSR count). The van der Waals surface area contributed by atoms with E-state index < -0.39 is 24.8 Å². The second kappa shape index (κ2) is 4.98. The fraction of sp³-hybridized carbons (Fsp3) is 0.333. The second-order valence-corrected chi connectivity index (χ2v) is 3.21. The molecule has 8 heteroatoms. The molecule has 0 saturated heterocycles. The van der Waals surface area contributed by atoms with E-state index in [-0.39, 0.29) is 11.3 Å². The zero-order valence-corrected chi connectivity index (χ0v) is 8.46. The number of hydrogen-bond acceptors (Lipinski definition) is 3. The number of alkyl halides is 4. The van der Waals surface area contributed by atoms with Crippen molar-refractivity contribution in [3.8, 4) is 0 Å². The van der Waals surface area contributed by atoms with Crippen LogP contribution in [0.5, 0.6) is 0 Å². The minimum absolute atomic E-state index is 0.0228. The van der Waals surface area contributed by atoms with Crippen LogP contribution in [0.4, 0.5) is 23.2 Å². The van der Waals surface area contributed by atoms with Crippen LogP contribution in [-0.4, -0.2) is 29.8 Å². The van der Waals surface area contributed by atoms with Gasteiger partial charge < -0.3 is 11.1 Å². The molecule has 3 N–H and O–H groups in total. The number of carbonyl (C=O) groups is 1. The van der Waals surface area contributed by atoms with Crippen LogP contribution in [0.25, 0.3) is 0 Å². The number of halogens is 4. The van der Waals surface area contributed by atoms with Crippen LogP contribution >= 0.6 is 0 Å². The Labute approximate surface area is 93.8 Å². The molecule has 0 unspecified atom stereocenters. The summed E-state index contributed by atoms with van der Waals surface area (Å²) in [7, 11) is 0. The van der Waals surface area contributed by atoms with Crippen molar-refractivity contribution in [2.45, 2.75) is 12.3 Å². The van der Waals surface area contributed by atoms with Crippen LogP contribution in [0.3, 0.4) is 0 Å². The minimum atomic E-state index is -4.27. The Hall–Kier alpha value is -1.86. The molecule has 0 bridgehead atoms. The van der Waals surface area contributed by atoms with Gasteiger partial charge in [0.1, 0.15) is 0 Å². The maximum absolute atomic E-state index is 12.5. The first-order valence-corrected chi connectivity index (χ1v) is 4.48. The van der Waals surface area contributed by atoms with Gasteiger partial charge >= 0.3 is 12.3 Å². The molecule has 0 aliphatic rings. The Morgan fingerprint density at radius 2 is 2.18 bits per heavy atom. The molecule has 4 nitrogen and oxygen atoms in total. The largest absolute Gasteiger partial charge is 0.397 e. The monoisotopic (exact) mass is 251 g/mol. The minimum Gasteiger partial charge on any atom is -0.397 e. The number of carbonyl (C=O) groups excluding carboxylic acids is 1. The van der Waals surface area contributed by atoms with Crippen molar-refractivity contribution < 1.29 is 22.4 Å². The van der Waals surface area contributed by atoms with E-state index in [1.54, 1.807) is 5.32 Å². The molecule has 1 aromatic rings. The van der Waals surface area contributed by atoms with E-state index in [9.17, 15) is 22.4 Å². The summed E-state index contributed by atoms with van der Waals surface area (Å²) >= 11 is 0. The van der Waals surface area contributed by atoms with Gasteiger partial charge in [0.25, 0.3) is 5.91 Å². The fourth-order valence-electron chi connectivity index (χ4n) is 0.984. The first-order valence-electron chi connectivity index (χ1n) is 4.48. The molecular weight excluding hydrogens is 242 g/mol. The number of aromatic nitrogens is 1. The van der Waals surface area contributed by atoms with Crippen LogP contribution < -0.4 is 11.1 Å². The van der Waals surface area contributed by atoms with Gasteiger partial charge in [-0.15, -0.1) is 0 Å². The average molecular weight is 251 g/mol. The third-order valence-electron chi connectivity index (χ3n) is 1.90. The van der Waals surface area contributed by atoms with Crippen molar-refractivity contribution in [1.82, 2.24) is 10.3 Å². The Balaban J connectivity index is 2.66. The maximum atomic E-state index is 12.5. The second-order valence-electron chi connectivity index (χ2n) is 3.21. The summed E-state index contributed by atoms with van der Waals surface area (Å²) in [5.74, 6) is -5.22. The Kier molecular flexibility index (Phi) is 3.87. The summed E-state index contributed by atoms with van der Waals surface area (Å²) in [4.78, 5) is 14.9. The number of amides is 1. The van der Waals surface area contributed by atoms with Gasteiger partial charge in [0, 0.05) is 6.20 Å². The molecule has 0 fully saturated rings. The van der Waals surface area contributed by atoms with Crippen molar-refractivity contribution in [3.63, 3.8) is 0 Å². The van der Waals surface area contributed by atoms with Crippen LogP contribution in [0.15, 0.2) is 18.5 Å². The van der Waals surface area contributed by atoms with E-state index >= 15 is 0 Å². The Morgan fingerprint density at radius 1 is 1.53 bits per heavy atom. The molecule has 1 heterocycles. The summed E-state index contributed by atoms with van der Waals surface area (Å²) in [6.45, 7) is -1.45. The van der Waals surface area contributed by atoms with Crippen LogP contribution in [0, 0.1) is 0 Å². The third-order valence-corrected chi connectivity index (χ3v) is 1.90. The molecule has 0 saturated carbocycles. The summed E-state index contributed by atoms with van der Waals surface area (Å²) in [6.07, 6.45) is -1.45. The van der Waals surface area contributed by atoms with Crippen LogP contribution in [0.1, 0.15) is 10.4 Å². The van der Waals surface area contributed by atoms with E-state index in [1.165, 1.54) is 12.3 Å². The highest BCUT2D eigenvalue weighted by Crippen LogP contribution is 2.21. The van der Waals surface area contributed by atoms with Crippen molar-refractivity contribution in [1.29, 1.82) is 0 Å². The topological polar surface area (TPSA) is 68.0 Å². The molecule has 0 aliphatic carbocycles. The lowest BCUT2D eigenvalue weighted by Crippen LogP contribution is -2.41. The Bertz CT molecular complexity index is 411. The smallest absolute Gasteiger partial charge is 0.324 e. The van der Waals surface area contributed by atoms with Gasteiger partial charge in [-0.25, -0.2) is 8.78 Å². The zero-order valence-electron chi connectivity index (χ0n) is 8.46. The van der Waals surface area contributed by atoms with Gasteiger partial charge in [0.15, 0.2) is 0 Å². The number of anilines is 1. The number of nitrogens with two attached hydrogens (primary N) is 1. The number of nitrogens with one attached hydrogen (secondary N) is 1. The van der Waals surface area contributed by atoms with Crippen LogP contribution in [-0.2, 0) is 0 Å². The number of nitrogens with zero attached hydrogens (tertiary/aromatic N) is 1. The number of pyridine rings is 1. The first kappa shape index (κ1) is 13.2. The lowest BCUT2D eigenvalue weighted by molar-refractivity contribution is -0.123. The normalized spacial score (nSPS) is 11.6. The summed E-state index contributed by atoms with van der Waals surface area (Å²) in [5.41, 5.74) is 5.25. The molecule has 94 valence electrons. The standard InChI is InChI=1S/C9H9F4N3O/c10-8(11)9(12,13)4-16-7(17)5-1-2-15-3-6(5)14/h1-3,8H,4,14H2,(H,16,17). The summed E-state index contributed by atoms with van der Waals surface area (Å²) in [6, 6.07) is 1.20. The zero-order chi connectivity index (χ0) is 13.1. The fourth-order valence-corrected chi connectivity index (χ4v) is 0.984. The van der Waals surface area contributed by atoms with E-state index in [1.807, 2.05) is 0 Å². The molecule has 0 radical (unpaired) electrons. The van der Waals surface area contributed by atoms with Gasteiger partial charge in [0.2, 0.25) is 0 Å². The maximum Gasteiger partial charge on any atom is 0.324 e. The summed E-state index contributed by atoms with van der Waals surface area (Å²) < 4.78 is 48.6.